The fourth-order valence-electron chi connectivity index (χ4n) is 4.30. The van der Waals surface area contributed by atoms with Gasteiger partial charge in [0, 0.05) is 41.3 Å². The molecule has 2 aromatic rings. The van der Waals surface area contributed by atoms with Gasteiger partial charge in [0.25, 0.3) is 0 Å². The van der Waals surface area contributed by atoms with Gasteiger partial charge >= 0.3 is 12.7 Å². The largest absolute Gasteiger partial charge is 0.508 e. The summed E-state index contributed by atoms with van der Waals surface area (Å²) < 4.78 is 21.6. The molecule has 0 spiro atoms. The molecule has 0 amide bonds. The number of rotatable bonds is 14. The van der Waals surface area contributed by atoms with Gasteiger partial charge in [-0.1, -0.05) is 12.8 Å². The Balaban J connectivity index is 1.46. The first-order valence-corrected chi connectivity index (χ1v) is 15.2. The van der Waals surface area contributed by atoms with Gasteiger partial charge in [0.05, 0.1) is 12.2 Å². The standard InChI is InChI=1S/C28H30NO9PS/c1-35-39(34,40)37-13-5-3-2-4-12-29-17-36-20-8-11-21(28(32)33)24(16-20)27-22-9-6-18(30)14-25(22)38-26-15-19(31)7-10-23(26)27/h6-11,14-16,29-30H,2-5,12-13,17H2,1H3,(H,32,33)(H,34,40). The molecule has 0 aromatic heterocycles. The second-order valence-electron chi connectivity index (χ2n) is 9.02. The Morgan fingerprint density at radius 3 is 2.60 bits per heavy atom. The van der Waals surface area contributed by atoms with Gasteiger partial charge in [-0.2, -0.15) is 0 Å². The van der Waals surface area contributed by atoms with E-state index in [1.54, 1.807) is 24.3 Å². The van der Waals surface area contributed by atoms with Crippen LogP contribution in [-0.2, 0) is 20.9 Å². The van der Waals surface area contributed by atoms with Crippen LogP contribution in [-0.4, -0.2) is 48.1 Å². The van der Waals surface area contributed by atoms with E-state index in [0.717, 1.165) is 25.7 Å². The summed E-state index contributed by atoms with van der Waals surface area (Å²) in [5.74, 6) is -0.403. The van der Waals surface area contributed by atoms with Gasteiger partial charge in [-0.3, -0.25) is 10.1 Å². The second kappa shape index (κ2) is 13.4. The highest BCUT2D eigenvalue weighted by Gasteiger charge is 2.22. The zero-order valence-corrected chi connectivity index (χ0v) is 23.5. The van der Waals surface area contributed by atoms with Crippen molar-refractivity contribution in [1.82, 2.24) is 5.32 Å². The lowest BCUT2D eigenvalue weighted by Gasteiger charge is -2.18. The smallest absolute Gasteiger partial charge is 0.336 e. The SMILES string of the molecule is COP(O)(=S)OCCCCCCNCOc1ccc(C(=O)O)c(-c2c3ccc(=O)cc-3oc3cc(O)ccc23)c1. The normalized spacial score (nSPS) is 12.9. The van der Waals surface area contributed by atoms with Crippen molar-refractivity contribution < 1.29 is 38.1 Å². The molecule has 0 radical (unpaired) electrons. The van der Waals surface area contributed by atoms with Gasteiger partial charge in [-0.15, -0.1) is 0 Å². The maximum absolute atomic E-state index is 12.2. The highest BCUT2D eigenvalue weighted by molar-refractivity contribution is 8.07. The number of unbranched alkanes of at least 4 members (excludes halogenated alkanes) is 3. The molecule has 0 fully saturated rings. The predicted octanol–water partition coefficient (Wildman–Crippen LogP) is 5.33. The summed E-state index contributed by atoms with van der Waals surface area (Å²) in [5, 5.41) is 23.7. The van der Waals surface area contributed by atoms with E-state index in [4.69, 9.17) is 30.0 Å². The van der Waals surface area contributed by atoms with Crippen LogP contribution in [0.25, 0.3) is 33.4 Å². The van der Waals surface area contributed by atoms with Gasteiger partial charge in [-0.25, -0.2) is 4.79 Å². The van der Waals surface area contributed by atoms with Crippen LogP contribution in [0.5, 0.6) is 11.5 Å². The number of carbonyl (C=O) groups is 1. The number of carboxylic acids is 1. The Bertz CT molecular complexity index is 1570. The van der Waals surface area contributed by atoms with E-state index in [1.165, 1.54) is 37.4 Å². The van der Waals surface area contributed by atoms with Crippen LogP contribution in [0.4, 0.5) is 0 Å². The minimum Gasteiger partial charge on any atom is -0.508 e. The van der Waals surface area contributed by atoms with E-state index in [0.29, 0.717) is 46.6 Å². The quantitative estimate of drug-likeness (QED) is 0.0656. The average Bonchev–Trinajstić information content (AvgIpc) is 2.92. The molecule has 2 aromatic carbocycles. The molecular formula is C28H30NO9PS. The fourth-order valence-corrected chi connectivity index (χ4v) is 4.99. The molecule has 4 rings (SSSR count). The summed E-state index contributed by atoms with van der Waals surface area (Å²) in [6.45, 7) is -1.80. The number of ether oxygens (including phenoxy) is 1. The summed E-state index contributed by atoms with van der Waals surface area (Å²) in [6.07, 6.45) is 3.54. The summed E-state index contributed by atoms with van der Waals surface area (Å²) >= 11 is 4.78. The molecule has 1 aliphatic carbocycles. The van der Waals surface area contributed by atoms with Crippen molar-refractivity contribution in [1.29, 1.82) is 0 Å². The van der Waals surface area contributed by atoms with Crippen molar-refractivity contribution in [3.63, 3.8) is 0 Å². The molecule has 10 nitrogen and oxygen atoms in total. The zero-order valence-electron chi connectivity index (χ0n) is 21.8. The molecule has 212 valence electrons. The highest BCUT2D eigenvalue weighted by atomic mass is 32.5. The van der Waals surface area contributed by atoms with Crippen molar-refractivity contribution in [3.8, 4) is 33.9 Å². The molecule has 0 saturated carbocycles. The Morgan fingerprint density at radius 2 is 1.82 bits per heavy atom. The molecule has 1 unspecified atom stereocenters. The Hall–Kier alpha value is -3.31. The number of carboxylic acid groups (broad SMARTS) is 1. The first-order chi connectivity index (χ1) is 19.2. The summed E-state index contributed by atoms with van der Waals surface area (Å²) in [7, 11) is 1.33. The molecule has 12 heteroatoms. The predicted molar refractivity (Wildman–Crippen MR) is 155 cm³/mol. The van der Waals surface area contributed by atoms with Crippen molar-refractivity contribution in [2.45, 2.75) is 25.7 Å². The lowest BCUT2D eigenvalue weighted by Crippen LogP contribution is -2.21. The topological polar surface area (TPSA) is 148 Å². The Labute approximate surface area is 235 Å². The number of nitrogens with one attached hydrogen (secondary N) is 1. The van der Waals surface area contributed by atoms with E-state index in [1.807, 2.05) is 0 Å². The van der Waals surface area contributed by atoms with E-state index < -0.39 is 12.7 Å². The third kappa shape index (κ3) is 7.45. The van der Waals surface area contributed by atoms with Crippen molar-refractivity contribution in [3.05, 3.63) is 70.4 Å². The summed E-state index contributed by atoms with van der Waals surface area (Å²) in [6, 6.07) is 13.6. The summed E-state index contributed by atoms with van der Waals surface area (Å²) in [5.41, 5.74) is 1.61. The van der Waals surface area contributed by atoms with Gasteiger partial charge < -0.3 is 33.3 Å². The molecule has 40 heavy (non-hydrogen) atoms. The molecule has 2 aliphatic rings. The molecule has 1 heterocycles. The van der Waals surface area contributed by atoms with Crippen LogP contribution in [0.3, 0.4) is 0 Å². The van der Waals surface area contributed by atoms with Crippen LogP contribution in [0.1, 0.15) is 36.0 Å². The van der Waals surface area contributed by atoms with E-state index in [9.17, 15) is 24.7 Å². The lowest BCUT2D eigenvalue weighted by atomic mass is 9.90. The van der Waals surface area contributed by atoms with Crippen LogP contribution in [0, 0.1) is 0 Å². The molecule has 0 bridgehead atoms. The third-order valence-corrected chi connectivity index (χ3v) is 7.98. The van der Waals surface area contributed by atoms with Gasteiger partial charge in [0.1, 0.15) is 29.6 Å². The Morgan fingerprint density at radius 1 is 1.02 bits per heavy atom. The van der Waals surface area contributed by atoms with Crippen molar-refractivity contribution in [2.24, 2.45) is 0 Å². The number of aromatic hydroxyl groups is 1. The van der Waals surface area contributed by atoms with Crippen LogP contribution in [0.2, 0.25) is 0 Å². The Kier molecular flexibility index (Phi) is 9.91. The van der Waals surface area contributed by atoms with E-state index in [2.05, 4.69) is 5.32 Å². The van der Waals surface area contributed by atoms with Crippen LogP contribution < -0.4 is 15.5 Å². The van der Waals surface area contributed by atoms with Crippen molar-refractivity contribution >= 4 is 35.5 Å². The van der Waals surface area contributed by atoms with E-state index >= 15 is 0 Å². The van der Waals surface area contributed by atoms with Gasteiger partial charge in [0.15, 0.2) is 5.43 Å². The van der Waals surface area contributed by atoms with Crippen LogP contribution >= 0.6 is 6.72 Å². The first kappa shape index (κ1) is 29.7. The molecule has 0 saturated heterocycles. The minimum atomic E-state index is -3.09. The average molecular weight is 588 g/mol. The molecule has 1 atom stereocenters. The first-order valence-electron chi connectivity index (χ1n) is 12.6. The third-order valence-electron chi connectivity index (χ3n) is 6.24. The number of fused-ring (bicyclic) bond motifs is 2. The van der Waals surface area contributed by atoms with Gasteiger partial charge in [-0.05, 0) is 73.7 Å². The highest BCUT2D eigenvalue weighted by Crippen LogP contribution is 2.43. The van der Waals surface area contributed by atoms with Crippen LogP contribution in [0.15, 0.2) is 63.8 Å². The fraction of sp³-hybridized carbons (Fsp3) is 0.286. The number of hydrogen-bond acceptors (Lipinski definition) is 9. The minimum absolute atomic E-state index is 0.0224. The van der Waals surface area contributed by atoms with Gasteiger partial charge in [0.2, 0.25) is 0 Å². The molecular weight excluding hydrogens is 557 g/mol. The lowest BCUT2D eigenvalue weighted by molar-refractivity contribution is 0.0697. The maximum atomic E-state index is 12.2. The number of aromatic carboxylic acids is 1. The zero-order chi connectivity index (χ0) is 28.7. The number of phenolic OH excluding ortho intramolecular Hbond substituents is 1. The number of phenols is 1. The second-order valence-corrected chi connectivity index (χ2v) is 12.0. The monoisotopic (exact) mass is 587 g/mol. The number of hydrogen-bond donors (Lipinski definition) is 4. The van der Waals surface area contributed by atoms with E-state index in [-0.39, 0.29) is 29.2 Å². The maximum Gasteiger partial charge on any atom is 0.336 e. The number of benzene rings is 3. The van der Waals surface area contributed by atoms with Crippen molar-refractivity contribution in [2.75, 3.05) is 27.0 Å². The molecule has 4 N–H and O–H groups in total. The summed E-state index contributed by atoms with van der Waals surface area (Å²) in [4.78, 5) is 33.8. The molecule has 1 aliphatic heterocycles.